The molecule has 0 aliphatic carbocycles. The summed E-state index contributed by atoms with van der Waals surface area (Å²) in [4.78, 5) is 10.9. The number of fused-ring (bicyclic) bond motifs is 4. The number of non-ortho nitro benzene ring substituents is 1. The first-order valence-electron chi connectivity index (χ1n) is 12.5. The molecule has 0 saturated carbocycles. The van der Waals surface area contributed by atoms with Crippen molar-refractivity contribution in [2.24, 2.45) is 0 Å². The molecule has 180 valence electrons. The number of anilines is 1. The zero-order valence-corrected chi connectivity index (χ0v) is 20.4. The lowest BCUT2D eigenvalue weighted by atomic mass is 9.85. The molecule has 4 heteroatoms. The van der Waals surface area contributed by atoms with Crippen LogP contribution in [0.5, 0.6) is 0 Å². The van der Waals surface area contributed by atoms with E-state index in [0.29, 0.717) is 5.69 Å². The molecule has 0 atom stereocenters. The van der Waals surface area contributed by atoms with Crippen LogP contribution in [-0.2, 0) is 0 Å². The highest BCUT2D eigenvalue weighted by molar-refractivity contribution is 6.22. The summed E-state index contributed by atoms with van der Waals surface area (Å²) < 4.78 is 0. The van der Waals surface area contributed by atoms with Crippen molar-refractivity contribution < 1.29 is 4.92 Å². The second kappa shape index (κ2) is 8.43. The predicted octanol–water partition coefficient (Wildman–Crippen LogP) is 9.12. The van der Waals surface area contributed by atoms with E-state index in [0.717, 1.165) is 65.3 Å². The Morgan fingerprint density at radius 1 is 0.526 bits per heavy atom. The minimum atomic E-state index is -0.382. The van der Waals surface area contributed by atoms with Crippen LogP contribution in [0.3, 0.4) is 0 Å². The van der Waals surface area contributed by atoms with E-state index in [1.807, 2.05) is 6.07 Å². The molecule has 7 aromatic rings. The van der Waals surface area contributed by atoms with Gasteiger partial charge >= 0.3 is 0 Å². The Kier molecular flexibility index (Phi) is 4.88. The second-order valence-electron chi connectivity index (χ2n) is 9.63. The van der Waals surface area contributed by atoms with Crippen LogP contribution in [0.2, 0.25) is 0 Å². The second-order valence-corrected chi connectivity index (χ2v) is 9.63. The zero-order chi connectivity index (χ0) is 25.8. The maximum absolute atomic E-state index is 11.3. The number of nitrogens with zero attached hydrogens (tertiary/aromatic N) is 1. The van der Waals surface area contributed by atoms with Crippen LogP contribution in [0.1, 0.15) is 0 Å². The Balaban J connectivity index is 1.67. The number of nitrogen functional groups attached to an aromatic ring is 1. The van der Waals surface area contributed by atoms with E-state index in [1.54, 1.807) is 12.1 Å². The molecule has 0 bridgehead atoms. The van der Waals surface area contributed by atoms with Crippen molar-refractivity contribution >= 4 is 54.5 Å². The molecular formula is C34H22N2O2. The number of rotatable bonds is 3. The molecule has 2 N–H and O–H groups in total. The van der Waals surface area contributed by atoms with Gasteiger partial charge in [0.1, 0.15) is 0 Å². The van der Waals surface area contributed by atoms with Gasteiger partial charge < -0.3 is 5.73 Å². The molecule has 0 amide bonds. The van der Waals surface area contributed by atoms with Gasteiger partial charge in [-0.05, 0) is 85.1 Å². The molecule has 0 radical (unpaired) electrons. The SMILES string of the molecule is Nc1c(-c2ccc([N+](=O)[O-])cc2)cc2cc3ccccc3cc2c1-c1c2ccccc2cc2ccccc12. The lowest BCUT2D eigenvalue weighted by molar-refractivity contribution is -0.384. The van der Waals surface area contributed by atoms with E-state index in [9.17, 15) is 10.1 Å². The molecule has 0 aliphatic heterocycles. The summed E-state index contributed by atoms with van der Waals surface area (Å²) in [6.07, 6.45) is 0. The number of hydrogen-bond acceptors (Lipinski definition) is 3. The van der Waals surface area contributed by atoms with Gasteiger partial charge in [-0.25, -0.2) is 0 Å². The molecule has 7 aromatic carbocycles. The summed E-state index contributed by atoms with van der Waals surface area (Å²) in [6.45, 7) is 0. The topological polar surface area (TPSA) is 69.2 Å². The fraction of sp³-hybridized carbons (Fsp3) is 0. The molecule has 0 spiro atoms. The first kappa shape index (κ1) is 22.0. The summed E-state index contributed by atoms with van der Waals surface area (Å²) in [5.74, 6) is 0. The summed E-state index contributed by atoms with van der Waals surface area (Å²) in [5, 5.41) is 20.3. The number of benzene rings is 7. The van der Waals surface area contributed by atoms with Crippen LogP contribution >= 0.6 is 0 Å². The van der Waals surface area contributed by atoms with Crippen LogP contribution < -0.4 is 5.73 Å². The molecule has 7 rings (SSSR count). The van der Waals surface area contributed by atoms with Gasteiger partial charge in [0.25, 0.3) is 5.69 Å². The minimum absolute atomic E-state index is 0.0550. The van der Waals surface area contributed by atoms with Crippen molar-refractivity contribution in [1.29, 1.82) is 0 Å². The molecular weight excluding hydrogens is 468 g/mol. The van der Waals surface area contributed by atoms with E-state index in [4.69, 9.17) is 5.73 Å². The van der Waals surface area contributed by atoms with Gasteiger partial charge in [-0.15, -0.1) is 0 Å². The fourth-order valence-electron chi connectivity index (χ4n) is 5.66. The molecule has 0 unspecified atom stereocenters. The van der Waals surface area contributed by atoms with Crippen molar-refractivity contribution in [2.75, 3.05) is 5.73 Å². The van der Waals surface area contributed by atoms with E-state index < -0.39 is 0 Å². The van der Waals surface area contributed by atoms with E-state index in [1.165, 1.54) is 12.1 Å². The summed E-state index contributed by atoms with van der Waals surface area (Å²) >= 11 is 0. The van der Waals surface area contributed by atoms with Crippen LogP contribution in [0.4, 0.5) is 11.4 Å². The van der Waals surface area contributed by atoms with Crippen molar-refractivity contribution in [3.63, 3.8) is 0 Å². The maximum atomic E-state index is 11.3. The van der Waals surface area contributed by atoms with E-state index in [-0.39, 0.29) is 10.6 Å². The minimum Gasteiger partial charge on any atom is -0.398 e. The largest absolute Gasteiger partial charge is 0.398 e. The van der Waals surface area contributed by atoms with Crippen LogP contribution in [0.25, 0.3) is 65.3 Å². The lowest BCUT2D eigenvalue weighted by Gasteiger charge is -2.20. The van der Waals surface area contributed by atoms with Crippen LogP contribution in [0.15, 0.2) is 121 Å². The van der Waals surface area contributed by atoms with E-state index in [2.05, 4.69) is 91.0 Å². The van der Waals surface area contributed by atoms with Crippen LogP contribution in [0, 0.1) is 10.1 Å². The maximum Gasteiger partial charge on any atom is 0.269 e. The third-order valence-electron chi connectivity index (χ3n) is 7.46. The van der Waals surface area contributed by atoms with Crippen LogP contribution in [-0.4, -0.2) is 4.92 Å². The van der Waals surface area contributed by atoms with Crippen molar-refractivity contribution in [3.8, 4) is 22.3 Å². The monoisotopic (exact) mass is 490 g/mol. The van der Waals surface area contributed by atoms with Gasteiger partial charge in [0.05, 0.1) is 4.92 Å². The highest BCUT2D eigenvalue weighted by Crippen LogP contribution is 2.47. The third-order valence-corrected chi connectivity index (χ3v) is 7.46. The fourth-order valence-corrected chi connectivity index (χ4v) is 5.66. The van der Waals surface area contributed by atoms with Gasteiger partial charge in [-0.3, -0.25) is 10.1 Å². The Bertz CT molecular complexity index is 2010. The summed E-state index contributed by atoms with van der Waals surface area (Å²) in [6, 6.07) is 40.6. The van der Waals surface area contributed by atoms with Gasteiger partial charge in [0.2, 0.25) is 0 Å². The summed E-state index contributed by atoms with van der Waals surface area (Å²) in [5.41, 5.74) is 11.6. The normalized spacial score (nSPS) is 11.5. The highest BCUT2D eigenvalue weighted by Gasteiger charge is 2.20. The van der Waals surface area contributed by atoms with Gasteiger partial charge in [-0.1, -0.05) is 72.8 Å². The molecule has 38 heavy (non-hydrogen) atoms. The van der Waals surface area contributed by atoms with E-state index >= 15 is 0 Å². The Hall–Kier alpha value is -5.22. The zero-order valence-electron chi connectivity index (χ0n) is 20.4. The van der Waals surface area contributed by atoms with Gasteiger partial charge in [0.15, 0.2) is 0 Å². The predicted molar refractivity (Wildman–Crippen MR) is 158 cm³/mol. The molecule has 0 heterocycles. The van der Waals surface area contributed by atoms with Crippen molar-refractivity contribution in [3.05, 3.63) is 131 Å². The van der Waals surface area contributed by atoms with Gasteiger partial charge in [0, 0.05) is 34.5 Å². The molecule has 0 fully saturated rings. The summed E-state index contributed by atoms with van der Waals surface area (Å²) in [7, 11) is 0. The Morgan fingerprint density at radius 3 is 1.66 bits per heavy atom. The first-order valence-corrected chi connectivity index (χ1v) is 12.5. The standard InChI is InChI=1S/C34H22N2O2/c35-34-31(21-13-15-27(16-14-21)36(37)38)20-26-17-22-7-1-2-8-23(22)19-30(26)33(34)32-28-11-5-3-9-24(28)18-25-10-4-6-12-29(25)32/h1-20H,35H2. The lowest BCUT2D eigenvalue weighted by Crippen LogP contribution is -1.98. The Labute approximate surface area is 218 Å². The number of hydrogen-bond donors (Lipinski definition) is 1. The first-order chi connectivity index (χ1) is 18.6. The number of nitrogens with two attached hydrogens (primary N) is 1. The van der Waals surface area contributed by atoms with Crippen molar-refractivity contribution in [1.82, 2.24) is 0 Å². The number of nitro groups is 1. The molecule has 0 aliphatic rings. The highest BCUT2D eigenvalue weighted by atomic mass is 16.6. The van der Waals surface area contributed by atoms with Gasteiger partial charge in [-0.2, -0.15) is 0 Å². The average Bonchev–Trinajstić information content (AvgIpc) is 2.95. The molecule has 0 saturated heterocycles. The molecule has 4 nitrogen and oxygen atoms in total. The quantitative estimate of drug-likeness (QED) is 0.116. The molecule has 0 aromatic heterocycles. The Morgan fingerprint density at radius 2 is 1.05 bits per heavy atom. The van der Waals surface area contributed by atoms with Crippen molar-refractivity contribution in [2.45, 2.75) is 0 Å². The number of nitro benzene ring substituents is 1. The third kappa shape index (κ3) is 3.39. The smallest absolute Gasteiger partial charge is 0.269 e. The average molecular weight is 491 g/mol.